The van der Waals surface area contributed by atoms with Gasteiger partial charge in [-0.3, -0.25) is 18.7 Å². The summed E-state index contributed by atoms with van der Waals surface area (Å²) in [5, 5.41) is 2.76. The summed E-state index contributed by atoms with van der Waals surface area (Å²) in [5.74, 6) is -0.951. The van der Waals surface area contributed by atoms with Gasteiger partial charge in [0.15, 0.2) is 5.78 Å². The third-order valence-electron chi connectivity index (χ3n) is 5.52. The summed E-state index contributed by atoms with van der Waals surface area (Å²) < 4.78 is 41.7. The van der Waals surface area contributed by atoms with Gasteiger partial charge < -0.3 is 16.0 Å². The first-order valence-electron chi connectivity index (χ1n) is 10.4. The number of aromatic nitrogens is 2. The number of anilines is 3. The molecule has 11 heteroatoms. The lowest BCUT2D eigenvalue weighted by Gasteiger charge is -2.23. The van der Waals surface area contributed by atoms with Gasteiger partial charge in [0.1, 0.15) is 11.4 Å². The third-order valence-corrected chi connectivity index (χ3v) is 5.52. The minimum atomic E-state index is -4.54. The van der Waals surface area contributed by atoms with E-state index in [1.54, 1.807) is 0 Å². The molecule has 0 amide bonds. The number of halogens is 3. The minimum Gasteiger partial charge on any atom is -0.384 e. The molecule has 2 heterocycles. The van der Waals surface area contributed by atoms with Crippen molar-refractivity contribution < 1.29 is 18.0 Å². The fourth-order valence-electron chi connectivity index (χ4n) is 3.84. The van der Waals surface area contributed by atoms with Gasteiger partial charge in [0.2, 0.25) is 0 Å². The average Bonchev–Trinajstić information content (AvgIpc) is 3.28. The van der Waals surface area contributed by atoms with E-state index in [0.29, 0.717) is 25.2 Å². The Hall–Kier alpha value is -3.24. The zero-order valence-corrected chi connectivity index (χ0v) is 18.0. The summed E-state index contributed by atoms with van der Waals surface area (Å²) in [6, 6.07) is 3.35. The zero-order valence-electron chi connectivity index (χ0n) is 18.0. The molecular formula is C21H26F3N5O3. The fourth-order valence-corrected chi connectivity index (χ4v) is 3.84. The lowest BCUT2D eigenvalue weighted by atomic mass is 10.1. The number of ketones is 1. The molecule has 0 unspecified atom stereocenters. The van der Waals surface area contributed by atoms with Crippen LogP contribution >= 0.6 is 0 Å². The minimum absolute atomic E-state index is 0.146. The number of carbonyl (C=O) groups excluding carboxylic acids is 1. The summed E-state index contributed by atoms with van der Waals surface area (Å²) in [4.78, 5) is 39.7. The van der Waals surface area contributed by atoms with Gasteiger partial charge in [0, 0.05) is 26.7 Å². The number of Topliss-reactive ketones (excluding diaryl/α,β-unsaturated/α-hetero) is 1. The van der Waals surface area contributed by atoms with Crippen LogP contribution in [0.25, 0.3) is 0 Å². The maximum absolute atomic E-state index is 13.2. The number of carbonyl (C=O) groups is 1. The molecule has 2 aromatic rings. The molecule has 0 bridgehead atoms. The lowest BCUT2D eigenvalue weighted by Crippen LogP contribution is -2.43. The van der Waals surface area contributed by atoms with Crippen molar-refractivity contribution >= 4 is 23.0 Å². The standard InChI is InChI=1S/C21H26F3N5O3/c1-3-8-29-18(25)17(19(31)27(2)20(29)32)16(30)12-26-14-11-13(21(22,23)24)6-7-15(14)28-9-4-5-10-28/h6-7,11,26H,3-5,8-10,12,25H2,1-2H3. The number of alkyl halides is 3. The molecule has 0 spiro atoms. The highest BCUT2D eigenvalue weighted by molar-refractivity contribution is 6.02. The molecule has 1 fully saturated rings. The Morgan fingerprint density at radius 2 is 1.84 bits per heavy atom. The van der Waals surface area contributed by atoms with Crippen LogP contribution in [-0.4, -0.2) is 34.6 Å². The maximum Gasteiger partial charge on any atom is 0.416 e. The van der Waals surface area contributed by atoms with Gasteiger partial charge in [-0.05, 0) is 37.5 Å². The lowest BCUT2D eigenvalue weighted by molar-refractivity contribution is -0.137. The van der Waals surface area contributed by atoms with Crippen LogP contribution < -0.4 is 27.2 Å². The normalized spacial score (nSPS) is 14.1. The number of hydrogen-bond acceptors (Lipinski definition) is 6. The van der Waals surface area contributed by atoms with E-state index in [1.807, 2.05) is 11.8 Å². The van der Waals surface area contributed by atoms with Crippen LogP contribution in [-0.2, 0) is 19.8 Å². The van der Waals surface area contributed by atoms with Gasteiger partial charge in [0.25, 0.3) is 5.56 Å². The predicted molar refractivity (Wildman–Crippen MR) is 116 cm³/mol. The fraction of sp³-hybridized carbons (Fsp3) is 0.476. The van der Waals surface area contributed by atoms with E-state index in [4.69, 9.17) is 5.73 Å². The van der Waals surface area contributed by atoms with Crippen molar-refractivity contribution in [1.29, 1.82) is 0 Å². The summed E-state index contributed by atoms with van der Waals surface area (Å²) in [7, 11) is 1.25. The Kier molecular flexibility index (Phi) is 6.65. The van der Waals surface area contributed by atoms with Gasteiger partial charge in [-0.25, -0.2) is 4.79 Å². The van der Waals surface area contributed by atoms with E-state index in [-0.39, 0.29) is 23.6 Å². The number of nitrogen functional groups attached to an aromatic ring is 1. The summed E-state index contributed by atoms with van der Waals surface area (Å²) >= 11 is 0. The Balaban J connectivity index is 1.95. The van der Waals surface area contributed by atoms with Crippen LogP contribution in [0.4, 0.5) is 30.4 Å². The molecule has 3 N–H and O–H groups in total. The zero-order chi connectivity index (χ0) is 23.6. The predicted octanol–water partition coefficient (Wildman–Crippen LogP) is 2.45. The molecule has 0 radical (unpaired) electrons. The van der Waals surface area contributed by atoms with E-state index in [2.05, 4.69) is 5.32 Å². The van der Waals surface area contributed by atoms with E-state index in [1.165, 1.54) is 13.1 Å². The first-order chi connectivity index (χ1) is 15.1. The molecule has 32 heavy (non-hydrogen) atoms. The first kappa shape index (κ1) is 23.4. The molecular weight excluding hydrogens is 427 g/mol. The molecule has 1 aromatic carbocycles. The molecule has 0 saturated carbocycles. The molecule has 1 aromatic heterocycles. The molecule has 1 aliphatic rings. The Morgan fingerprint density at radius 3 is 2.44 bits per heavy atom. The Morgan fingerprint density at radius 1 is 1.19 bits per heavy atom. The van der Waals surface area contributed by atoms with Gasteiger partial charge in [-0.15, -0.1) is 0 Å². The molecule has 3 rings (SSSR count). The van der Waals surface area contributed by atoms with Crippen LogP contribution in [0.5, 0.6) is 0 Å². The average molecular weight is 453 g/mol. The number of nitrogens with two attached hydrogens (primary N) is 1. The van der Waals surface area contributed by atoms with Crippen LogP contribution in [0, 0.1) is 0 Å². The highest BCUT2D eigenvalue weighted by Crippen LogP contribution is 2.36. The SMILES string of the molecule is CCCn1c(N)c(C(=O)CNc2cc(C(F)(F)F)ccc2N2CCCC2)c(=O)n(C)c1=O. The van der Waals surface area contributed by atoms with Gasteiger partial charge in [0.05, 0.1) is 23.5 Å². The van der Waals surface area contributed by atoms with Gasteiger partial charge >= 0.3 is 11.9 Å². The topological polar surface area (TPSA) is 102 Å². The van der Waals surface area contributed by atoms with Crippen LogP contribution in [0.2, 0.25) is 0 Å². The van der Waals surface area contributed by atoms with E-state index in [0.717, 1.165) is 34.1 Å². The first-order valence-corrected chi connectivity index (χ1v) is 10.4. The molecule has 8 nitrogen and oxygen atoms in total. The molecule has 1 saturated heterocycles. The molecule has 0 atom stereocenters. The van der Waals surface area contributed by atoms with Gasteiger partial charge in [-0.1, -0.05) is 6.92 Å². The largest absolute Gasteiger partial charge is 0.416 e. The van der Waals surface area contributed by atoms with E-state index < -0.39 is 35.3 Å². The molecule has 1 aliphatic heterocycles. The van der Waals surface area contributed by atoms with E-state index >= 15 is 0 Å². The highest BCUT2D eigenvalue weighted by Gasteiger charge is 2.32. The second-order valence-electron chi connectivity index (χ2n) is 7.76. The summed E-state index contributed by atoms with van der Waals surface area (Å²) in [6.45, 7) is 2.98. The second kappa shape index (κ2) is 9.09. The van der Waals surface area contributed by atoms with Crippen molar-refractivity contribution in [2.24, 2.45) is 7.05 Å². The second-order valence-corrected chi connectivity index (χ2v) is 7.76. The number of hydrogen-bond donors (Lipinski definition) is 2. The number of rotatable bonds is 7. The Labute approximate surface area is 182 Å². The number of nitrogens with one attached hydrogen (secondary N) is 1. The summed E-state index contributed by atoms with van der Waals surface area (Å²) in [5.41, 5.74) is 3.99. The quantitative estimate of drug-likeness (QED) is 0.625. The summed E-state index contributed by atoms with van der Waals surface area (Å²) in [6.07, 6.45) is -2.15. The van der Waals surface area contributed by atoms with Crippen molar-refractivity contribution in [2.45, 2.75) is 38.9 Å². The van der Waals surface area contributed by atoms with Crippen LogP contribution in [0.1, 0.15) is 42.1 Å². The number of benzene rings is 1. The van der Waals surface area contributed by atoms with Crippen molar-refractivity contribution in [3.05, 3.63) is 50.2 Å². The molecule has 174 valence electrons. The third kappa shape index (κ3) is 4.51. The monoisotopic (exact) mass is 453 g/mol. The van der Waals surface area contributed by atoms with Crippen molar-refractivity contribution in [3.8, 4) is 0 Å². The van der Waals surface area contributed by atoms with Gasteiger partial charge in [-0.2, -0.15) is 13.2 Å². The highest BCUT2D eigenvalue weighted by atomic mass is 19.4. The van der Waals surface area contributed by atoms with Crippen LogP contribution in [0.3, 0.4) is 0 Å². The Bertz CT molecular complexity index is 1130. The number of nitrogens with zero attached hydrogens (tertiary/aromatic N) is 3. The molecule has 0 aliphatic carbocycles. The van der Waals surface area contributed by atoms with Crippen molar-refractivity contribution in [2.75, 3.05) is 35.6 Å². The maximum atomic E-state index is 13.2. The van der Waals surface area contributed by atoms with Crippen molar-refractivity contribution in [3.63, 3.8) is 0 Å². The van der Waals surface area contributed by atoms with Crippen molar-refractivity contribution in [1.82, 2.24) is 9.13 Å². The van der Waals surface area contributed by atoms with Crippen LogP contribution in [0.15, 0.2) is 27.8 Å². The van der Waals surface area contributed by atoms with E-state index in [9.17, 15) is 27.6 Å². The smallest absolute Gasteiger partial charge is 0.384 e.